The van der Waals surface area contributed by atoms with Gasteiger partial charge in [0.1, 0.15) is 6.07 Å². The van der Waals surface area contributed by atoms with E-state index in [9.17, 15) is 5.26 Å². The molecule has 4 nitrogen and oxygen atoms in total. The van der Waals surface area contributed by atoms with Crippen molar-refractivity contribution in [1.82, 2.24) is 10.3 Å². The first-order chi connectivity index (χ1) is 13.9. The Kier molecular flexibility index (Phi) is 8.35. The summed E-state index contributed by atoms with van der Waals surface area (Å²) in [7, 11) is 0. The molecule has 1 aromatic carbocycles. The van der Waals surface area contributed by atoms with Gasteiger partial charge in [-0.15, -0.1) is 0 Å². The smallest absolute Gasteiger partial charge is 0.103 e. The second-order valence-electron chi connectivity index (χ2n) is 7.07. The molecule has 2 aromatic rings. The van der Waals surface area contributed by atoms with Crippen molar-refractivity contribution in [1.29, 1.82) is 5.26 Å². The third kappa shape index (κ3) is 6.13. The fourth-order valence-electron chi connectivity index (χ4n) is 2.62. The number of rotatable bonds is 8. The molecule has 0 bridgehead atoms. The normalized spacial score (nSPS) is 12.2. The molecule has 0 saturated carbocycles. The second-order valence-corrected chi connectivity index (χ2v) is 8.09. The third-order valence-electron chi connectivity index (χ3n) is 4.78. The Morgan fingerprint density at radius 1 is 1.21 bits per heavy atom. The van der Waals surface area contributed by atoms with Gasteiger partial charge in [-0.3, -0.25) is 4.98 Å². The monoisotopic (exact) mass is 406 g/mol. The van der Waals surface area contributed by atoms with Crippen molar-refractivity contribution in [3.63, 3.8) is 0 Å². The maximum Gasteiger partial charge on any atom is 0.103 e. The van der Waals surface area contributed by atoms with Crippen LogP contribution in [0, 0.1) is 25.2 Å². The van der Waals surface area contributed by atoms with Crippen molar-refractivity contribution in [2.75, 3.05) is 5.32 Å². The van der Waals surface area contributed by atoms with Crippen molar-refractivity contribution in [3.05, 3.63) is 75.2 Å². The van der Waals surface area contributed by atoms with Gasteiger partial charge in [0.05, 0.1) is 26.9 Å². The van der Waals surface area contributed by atoms with Gasteiger partial charge in [-0.05, 0) is 52.2 Å². The molecule has 152 valence electrons. The summed E-state index contributed by atoms with van der Waals surface area (Å²) in [6, 6.07) is 10.8. The minimum Gasteiger partial charge on any atom is -0.376 e. The average Bonchev–Trinajstić information content (AvgIpc) is 2.73. The predicted octanol–water partition coefficient (Wildman–Crippen LogP) is 6.43. The van der Waals surface area contributed by atoms with Gasteiger partial charge in [0.25, 0.3) is 0 Å². The fraction of sp³-hybridized carbons (Fsp3) is 0.333. The fourth-order valence-corrected chi connectivity index (χ4v) is 3.75. The van der Waals surface area contributed by atoms with Crippen molar-refractivity contribution in [2.45, 2.75) is 59.4 Å². The highest BCUT2D eigenvalue weighted by Crippen LogP contribution is 2.38. The van der Waals surface area contributed by atoms with Crippen LogP contribution in [0.4, 0.5) is 5.69 Å². The van der Waals surface area contributed by atoms with Gasteiger partial charge in [-0.2, -0.15) is 5.26 Å². The number of thioether (sulfide) groups is 1. The molecule has 2 rings (SSSR count). The van der Waals surface area contributed by atoms with E-state index in [1.54, 1.807) is 18.0 Å². The van der Waals surface area contributed by atoms with Crippen LogP contribution in [0.15, 0.2) is 57.7 Å². The predicted molar refractivity (Wildman–Crippen MR) is 124 cm³/mol. The number of allylic oxidation sites excluding steroid dienone is 3. The number of aryl methyl sites for hydroxylation is 2. The third-order valence-corrected chi connectivity index (χ3v) is 6.18. The number of pyridine rings is 1. The number of hydrogen-bond acceptors (Lipinski definition) is 5. The van der Waals surface area contributed by atoms with Crippen LogP contribution in [0.2, 0.25) is 0 Å². The van der Waals surface area contributed by atoms with Crippen LogP contribution in [0.5, 0.6) is 0 Å². The lowest BCUT2D eigenvalue weighted by Gasteiger charge is -2.19. The van der Waals surface area contributed by atoms with Crippen LogP contribution in [-0.2, 0) is 6.54 Å². The van der Waals surface area contributed by atoms with Gasteiger partial charge in [0.2, 0.25) is 0 Å². The molecule has 0 unspecified atom stereocenters. The van der Waals surface area contributed by atoms with E-state index in [0.29, 0.717) is 5.56 Å². The Balaban J connectivity index is 2.38. The van der Waals surface area contributed by atoms with E-state index >= 15 is 0 Å². The first-order valence-electron chi connectivity index (χ1n) is 9.86. The summed E-state index contributed by atoms with van der Waals surface area (Å²) >= 11 is 1.64. The molecule has 0 aliphatic carbocycles. The van der Waals surface area contributed by atoms with Gasteiger partial charge in [-0.1, -0.05) is 54.6 Å². The van der Waals surface area contributed by atoms with E-state index in [4.69, 9.17) is 0 Å². The zero-order valence-corrected chi connectivity index (χ0v) is 19.0. The van der Waals surface area contributed by atoms with Crippen LogP contribution in [0.25, 0.3) is 0 Å². The van der Waals surface area contributed by atoms with Gasteiger partial charge in [0, 0.05) is 18.4 Å². The molecule has 1 heterocycles. The highest BCUT2D eigenvalue weighted by atomic mass is 32.2. The summed E-state index contributed by atoms with van der Waals surface area (Å²) in [4.78, 5) is 5.43. The van der Waals surface area contributed by atoms with Gasteiger partial charge in [-0.25, -0.2) is 0 Å². The summed E-state index contributed by atoms with van der Waals surface area (Å²) < 4.78 is 0. The number of anilines is 1. The number of benzene rings is 1. The number of nitriles is 1. The lowest BCUT2D eigenvalue weighted by atomic mass is 10.1. The van der Waals surface area contributed by atoms with E-state index in [1.807, 2.05) is 26.8 Å². The Bertz CT molecular complexity index is 950. The molecule has 0 aliphatic heterocycles. The number of nitrogens with zero attached hydrogens (tertiary/aromatic N) is 2. The molecule has 5 heteroatoms. The van der Waals surface area contributed by atoms with Crippen molar-refractivity contribution >= 4 is 17.4 Å². The molecule has 0 amide bonds. The maximum atomic E-state index is 9.60. The number of nitrogens with one attached hydrogen (secondary N) is 2. The van der Waals surface area contributed by atoms with Gasteiger partial charge >= 0.3 is 0 Å². The SMILES string of the molecule is C/C=C(\C)Nc1c(C#N)cnc(C)c1SC(NCc1ccc(C)cc1)=C(C)CC. The zero-order valence-electron chi connectivity index (χ0n) is 18.2. The Labute approximate surface area is 179 Å². The standard InChI is InChI=1S/C24H30N4S/c1-7-17(4)24(27-14-20-11-9-16(3)10-12-20)29-23-19(6)26-15-21(13-25)22(23)28-18(5)8-2/h8-12,15,27H,7,14H2,1-6H3,(H,26,28)/b18-8+,24-17?. The number of hydrogen-bond donors (Lipinski definition) is 2. The van der Waals surface area contributed by atoms with Gasteiger partial charge in [0.15, 0.2) is 0 Å². The van der Waals surface area contributed by atoms with E-state index in [2.05, 4.69) is 66.7 Å². The summed E-state index contributed by atoms with van der Waals surface area (Å²) in [5, 5.41) is 17.7. The van der Waals surface area contributed by atoms with E-state index in [1.165, 1.54) is 16.7 Å². The Morgan fingerprint density at radius 2 is 1.90 bits per heavy atom. The van der Waals surface area contributed by atoms with Crippen LogP contribution >= 0.6 is 11.8 Å². The molecule has 0 fully saturated rings. The molecule has 0 atom stereocenters. The van der Waals surface area contributed by atoms with Crippen molar-refractivity contribution in [2.24, 2.45) is 0 Å². The largest absolute Gasteiger partial charge is 0.376 e. The molecular weight excluding hydrogens is 376 g/mol. The summed E-state index contributed by atoms with van der Waals surface area (Å²) in [5.41, 5.74) is 7.04. The first kappa shape index (κ1) is 22.6. The molecule has 0 saturated heterocycles. The zero-order chi connectivity index (χ0) is 21.4. The highest BCUT2D eigenvalue weighted by Gasteiger charge is 2.16. The van der Waals surface area contributed by atoms with Crippen molar-refractivity contribution in [3.8, 4) is 6.07 Å². The molecule has 0 spiro atoms. The Hall–Kier alpha value is -2.71. The summed E-state index contributed by atoms with van der Waals surface area (Å²) in [6.45, 7) is 13.1. The van der Waals surface area contributed by atoms with E-state index in [0.717, 1.165) is 40.0 Å². The summed E-state index contributed by atoms with van der Waals surface area (Å²) in [5.74, 6) is 0. The quantitative estimate of drug-likeness (QED) is 0.495. The second kappa shape index (κ2) is 10.7. The lowest BCUT2D eigenvalue weighted by molar-refractivity contribution is 0.835. The van der Waals surface area contributed by atoms with Crippen LogP contribution in [0.1, 0.15) is 56.5 Å². The van der Waals surface area contributed by atoms with Gasteiger partial charge < -0.3 is 10.6 Å². The lowest BCUT2D eigenvalue weighted by Crippen LogP contribution is -2.13. The number of aromatic nitrogens is 1. The van der Waals surface area contributed by atoms with Crippen molar-refractivity contribution < 1.29 is 0 Å². The molecule has 0 aliphatic rings. The average molecular weight is 407 g/mol. The Morgan fingerprint density at radius 3 is 2.48 bits per heavy atom. The van der Waals surface area contributed by atoms with E-state index in [-0.39, 0.29) is 0 Å². The minimum absolute atomic E-state index is 0.548. The van der Waals surface area contributed by atoms with Crippen LogP contribution < -0.4 is 10.6 Å². The molecule has 1 aromatic heterocycles. The van der Waals surface area contributed by atoms with Crippen LogP contribution in [0.3, 0.4) is 0 Å². The minimum atomic E-state index is 0.548. The first-order valence-corrected chi connectivity index (χ1v) is 10.7. The molecule has 0 radical (unpaired) electrons. The summed E-state index contributed by atoms with van der Waals surface area (Å²) in [6.07, 6.45) is 4.58. The molecule has 29 heavy (non-hydrogen) atoms. The maximum absolute atomic E-state index is 9.60. The topological polar surface area (TPSA) is 60.7 Å². The molecular formula is C24H30N4S. The molecule has 2 N–H and O–H groups in total. The highest BCUT2D eigenvalue weighted by molar-refractivity contribution is 8.03. The van der Waals surface area contributed by atoms with E-state index < -0.39 is 0 Å². The van der Waals surface area contributed by atoms with Crippen LogP contribution in [-0.4, -0.2) is 4.98 Å².